The van der Waals surface area contributed by atoms with Crippen LogP contribution in [0.1, 0.15) is 17.1 Å². The minimum atomic E-state index is -0.716. The summed E-state index contributed by atoms with van der Waals surface area (Å²) in [6, 6.07) is 2.43. The molecule has 1 aromatic heterocycles. The number of halogens is 2. The quantitative estimate of drug-likeness (QED) is 0.821. The van der Waals surface area contributed by atoms with Crippen LogP contribution in [0.15, 0.2) is 18.3 Å². The summed E-state index contributed by atoms with van der Waals surface area (Å²) in [7, 11) is 1.33. The van der Waals surface area contributed by atoms with Crippen LogP contribution in [0.3, 0.4) is 0 Å². The monoisotopic (exact) mass is 311 g/mol. The molecule has 0 aliphatic carbocycles. The fourth-order valence-corrected chi connectivity index (χ4v) is 2.25. The van der Waals surface area contributed by atoms with Gasteiger partial charge in [-0.1, -0.05) is 0 Å². The van der Waals surface area contributed by atoms with Gasteiger partial charge in [0.25, 0.3) is 0 Å². The number of aryl methyl sites for hydroxylation is 1. The van der Waals surface area contributed by atoms with Crippen LogP contribution < -0.4 is 4.74 Å². The summed E-state index contributed by atoms with van der Waals surface area (Å²) in [5.74, 6) is -0.594. The molecule has 0 radical (unpaired) electrons. The van der Waals surface area contributed by atoms with Crippen molar-refractivity contribution < 1.29 is 18.6 Å². The molecule has 0 aliphatic rings. The fourth-order valence-electron chi connectivity index (χ4n) is 2.25. The maximum atomic E-state index is 14.2. The number of hydrogen-bond acceptors (Lipinski definition) is 4. The minimum Gasteiger partial charge on any atom is -0.494 e. The van der Waals surface area contributed by atoms with Crippen molar-refractivity contribution in [1.82, 2.24) is 14.9 Å². The highest BCUT2D eigenvalue weighted by Gasteiger charge is 2.18. The van der Waals surface area contributed by atoms with Gasteiger partial charge < -0.3 is 14.8 Å². The maximum absolute atomic E-state index is 14.2. The van der Waals surface area contributed by atoms with E-state index in [1.807, 2.05) is 6.92 Å². The lowest BCUT2D eigenvalue weighted by Gasteiger charge is -2.21. The van der Waals surface area contributed by atoms with Crippen molar-refractivity contribution in [2.45, 2.75) is 20.0 Å². The number of H-pyrrole nitrogens is 1. The average Bonchev–Trinajstić information content (AvgIpc) is 2.89. The number of methoxy groups -OCH3 is 1. The van der Waals surface area contributed by atoms with Gasteiger partial charge in [-0.15, -0.1) is 0 Å². The largest absolute Gasteiger partial charge is 0.494 e. The van der Waals surface area contributed by atoms with Crippen LogP contribution in [-0.2, 0) is 13.1 Å². The number of nitrogens with one attached hydrogen (secondary N) is 1. The number of nitrogens with zero attached hydrogens (tertiary/aromatic N) is 2. The molecule has 1 heterocycles. The van der Waals surface area contributed by atoms with E-state index in [0.717, 1.165) is 11.5 Å². The zero-order valence-electron chi connectivity index (χ0n) is 12.6. The number of rotatable bonds is 7. The van der Waals surface area contributed by atoms with E-state index >= 15 is 0 Å². The average molecular weight is 311 g/mol. The Bertz CT molecular complexity index is 631. The minimum absolute atomic E-state index is 0.00210. The smallest absolute Gasteiger partial charge is 0.172 e. The van der Waals surface area contributed by atoms with Gasteiger partial charge >= 0.3 is 0 Å². The zero-order valence-corrected chi connectivity index (χ0v) is 12.6. The van der Waals surface area contributed by atoms with Crippen LogP contribution >= 0.6 is 0 Å². The first-order valence-corrected chi connectivity index (χ1v) is 6.89. The van der Waals surface area contributed by atoms with Gasteiger partial charge in [0.15, 0.2) is 11.6 Å². The Morgan fingerprint density at radius 1 is 1.32 bits per heavy atom. The molecule has 1 aromatic carbocycles. The molecule has 2 rings (SSSR count). The first-order chi connectivity index (χ1) is 10.5. The third kappa shape index (κ3) is 3.80. The first kappa shape index (κ1) is 16.4. The molecule has 120 valence electrons. The standard InChI is InChI=1S/C15H19F2N3O2/c1-10-18-7-11(19-10)8-20(5-6-21)9-12-13(16)3-4-14(22-2)15(12)17/h3-4,7,21H,5-6,8-9H2,1-2H3,(H,18,19). The highest BCUT2D eigenvalue weighted by atomic mass is 19.1. The van der Waals surface area contributed by atoms with E-state index in [2.05, 4.69) is 9.97 Å². The molecule has 2 aromatic rings. The zero-order chi connectivity index (χ0) is 16.1. The Morgan fingerprint density at radius 2 is 2.09 bits per heavy atom. The summed E-state index contributed by atoms with van der Waals surface area (Å²) < 4.78 is 33.0. The molecule has 0 atom stereocenters. The van der Waals surface area contributed by atoms with Gasteiger partial charge in [0.1, 0.15) is 11.6 Å². The van der Waals surface area contributed by atoms with Crippen molar-refractivity contribution >= 4 is 0 Å². The van der Waals surface area contributed by atoms with Crippen LogP contribution in [0.25, 0.3) is 0 Å². The Labute approximate surface area is 127 Å². The van der Waals surface area contributed by atoms with E-state index in [1.54, 1.807) is 11.1 Å². The van der Waals surface area contributed by atoms with E-state index in [9.17, 15) is 8.78 Å². The Kier molecular flexibility index (Phi) is 5.46. The van der Waals surface area contributed by atoms with Gasteiger partial charge in [-0.25, -0.2) is 13.8 Å². The van der Waals surface area contributed by atoms with E-state index in [1.165, 1.54) is 19.2 Å². The molecule has 0 saturated heterocycles. The molecule has 22 heavy (non-hydrogen) atoms. The van der Waals surface area contributed by atoms with Gasteiger partial charge in [-0.3, -0.25) is 4.90 Å². The van der Waals surface area contributed by atoms with Crippen molar-refractivity contribution in [2.24, 2.45) is 0 Å². The van der Waals surface area contributed by atoms with Crippen molar-refractivity contribution in [2.75, 3.05) is 20.3 Å². The second-order valence-electron chi connectivity index (χ2n) is 4.97. The normalized spacial score (nSPS) is 11.2. The maximum Gasteiger partial charge on any atom is 0.172 e. The van der Waals surface area contributed by atoms with Crippen LogP contribution in [0.4, 0.5) is 8.78 Å². The highest BCUT2D eigenvalue weighted by molar-refractivity contribution is 5.32. The lowest BCUT2D eigenvalue weighted by atomic mass is 10.1. The molecule has 0 bridgehead atoms. The number of imidazole rings is 1. The highest BCUT2D eigenvalue weighted by Crippen LogP contribution is 2.24. The van der Waals surface area contributed by atoms with E-state index < -0.39 is 11.6 Å². The number of aromatic amines is 1. The lowest BCUT2D eigenvalue weighted by Crippen LogP contribution is -2.27. The second kappa shape index (κ2) is 7.33. The van der Waals surface area contributed by atoms with E-state index in [0.29, 0.717) is 6.54 Å². The summed E-state index contributed by atoms with van der Waals surface area (Å²) in [4.78, 5) is 8.87. The van der Waals surface area contributed by atoms with Crippen LogP contribution in [0.5, 0.6) is 5.75 Å². The SMILES string of the molecule is COc1ccc(F)c(CN(CCO)Cc2cnc(C)[nH]2)c1F. The van der Waals surface area contributed by atoms with Crippen molar-refractivity contribution in [1.29, 1.82) is 0 Å². The molecule has 5 nitrogen and oxygen atoms in total. The topological polar surface area (TPSA) is 61.4 Å². The number of aliphatic hydroxyl groups excluding tert-OH is 1. The number of aromatic nitrogens is 2. The predicted octanol–water partition coefficient (Wildman–Crippen LogP) is 2.00. The fraction of sp³-hybridized carbons (Fsp3) is 0.400. The summed E-state index contributed by atoms with van der Waals surface area (Å²) in [5, 5.41) is 9.16. The van der Waals surface area contributed by atoms with Crippen LogP contribution in [-0.4, -0.2) is 40.2 Å². The summed E-state index contributed by atoms with van der Waals surface area (Å²) in [6.45, 7) is 2.42. The number of ether oxygens (including phenoxy) is 1. The number of aliphatic hydroxyl groups is 1. The molecular formula is C15H19F2N3O2. The van der Waals surface area contributed by atoms with Gasteiger partial charge in [-0.05, 0) is 19.1 Å². The van der Waals surface area contributed by atoms with Gasteiger partial charge in [-0.2, -0.15) is 0 Å². The Morgan fingerprint density at radius 3 is 2.68 bits per heavy atom. The molecule has 2 N–H and O–H groups in total. The summed E-state index contributed by atoms with van der Waals surface area (Å²) >= 11 is 0. The third-order valence-corrected chi connectivity index (χ3v) is 3.32. The number of hydrogen-bond donors (Lipinski definition) is 2. The molecule has 0 unspecified atom stereocenters. The van der Waals surface area contributed by atoms with Gasteiger partial charge in [0.05, 0.1) is 13.7 Å². The molecule has 7 heteroatoms. The molecule has 0 spiro atoms. The predicted molar refractivity (Wildman–Crippen MR) is 77.4 cm³/mol. The Hall–Kier alpha value is -1.99. The van der Waals surface area contributed by atoms with Crippen LogP contribution in [0.2, 0.25) is 0 Å². The van der Waals surface area contributed by atoms with Gasteiger partial charge in [0, 0.05) is 37.1 Å². The number of benzene rings is 1. The molecule has 0 saturated carbocycles. The molecular weight excluding hydrogens is 292 g/mol. The lowest BCUT2D eigenvalue weighted by molar-refractivity contribution is 0.179. The third-order valence-electron chi connectivity index (χ3n) is 3.32. The first-order valence-electron chi connectivity index (χ1n) is 6.89. The van der Waals surface area contributed by atoms with E-state index in [4.69, 9.17) is 9.84 Å². The summed E-state index contributed by atoms with van der Waals surface area (Å²) in [5.41, 5.74) is 0.735. The Balaban J connectivity index is 2.20. The molecule has 0 fully saturated rings. The van der Waals surface area contributed by atoms with Crippen molar-refractivity contribution in [3.63, 3.8) is 0 Å². The van der Waals surface area contributed by atoms with Crippen molar-refractivity contribution in [3.8, 4) is 5.75 Å². The van der Waals surface area contributed by atoms with Crippen LogP contribution in [0, 0.1) is 18.6 Å². The van der Waals surface area contributed by atoms with Crippen molar-refractivity contribution in [3.05, 3.63) is 47.0 Å². The second-order valence-corrected chi connectivity index (χ2v) is 4.97. The summed E-state index contributed by atoms with van der Waals surface area (Å²) in [6.07, 6.45) is 1.66. The molecule has 0 aliphatic heterocycles. The van der Waals surface area contributed by atoms with E-state index in [-0.39, 0.29) is 31.0 Å². The molecule has 0 amide bonds. The van der Waals surface area contributed by atoms with Gasteiger partial charge in [0.2, 0.25) is 0 Å².